The molecule has 0 spiro atoms. The van der Waals surface area contributed by atoms with Gasteiger partial charge in [-0.1, -0.05) is 24.3 Å². The first-order valence-corrected chi connectivity index (χ1v) is 10.7. The van der Waals surface area contributed by atoms with Crippen molar-refractivity contribution >= 4 is 23.9 Å². The number of ether oxygens (including phenoxy) is 2. The molecule has 9 nitrogen and oxygen atoms in total. The van der Waals surface area contributed by atoms with Gasteiger partial charge in [-0.2, -0.15) is 0 Å². The van der Waals surface area contributed by atoms with E-state index < -0.39 is 35.5 Å². The van der Waals surface area contributed by atoms with Crippen LogP contribution in [0.15, 0.2) is 24.3 Å². The number of aryl methyl sites for hydroxylation is 1. The Bertz CT molecular complexity index is 803. The van der Waals surface area contributed by atoms with Gasteiger partial charge in [-0.3, -0.25) is 14.4 Å². The van der Waals surface area contributed by atoms with Crippen molar-refractivity contribution < 1.29 is 28.7 Å². The van der Waals surface area contributed by atoms with E-state index in [2.05, 4.69) is 10.6 Å². The van der Waals surface area contributed by atoms with Crippen molar-refractivity contribution in [3.63, 3.8) is 0 Å². The molecule has 0 aliphatic heterocycles. The zero-order valence-corrected chi connectivity index (χ0v) is 19.8. The highest BCUT2D eigenvalue weighted by atomic mass is 16.6. The van der Waals surface area contributed by atoms with Crippen molar-refractivity contribution in [1.82, 2.24) is 15.5 Å². The average Bonchev–Trinajstić information content (AvgIpc) is 2.69. The molecule has 0 saturated carbocycles. The third-order valence-corrected chi connectivity index (χ3v) is 4.42. The Morgan fingerprint density at radius 2 is 1.72 bits per heavy atom. The van der Waals surface area contributed by atoms with Crippen LogP contribution < -0.4 is 10.6 Å². The highest BCUT2D eigenvalue weighted by Crippen LogP contribution is 2.24. The third kappa shape index (κ3) is 8.95. The predicted molar refractivity (Wildman–Crippen MR) is 120 cm³/mol. The smallest absolute Gasteiger partial charge is 0.408 e. The molecule has 0 aliphatic carbocycles. The molecule has 0 fully saturated rings. The highest BCUT2D eigenvalue weighted by Gasteiger charge is 2.31. The number of rotatable bonds is 10. The van der Waals surface area contributed by atoms with Gasteiger partial charge in [0.15, 0.2) is 0 Å². The molecule has 1 aromatic carbocycles. The minimum Gasteiger partial charge on any atom is -0.466 e. The zero-order chi connectivity index (χ0) is 24.3. The fraction of sp³-hybridized carbons (Fsp3) is 0.565. The maximum Gasteiger partial charge on any atom is 0.408 e. The maximum atomic E-state index is 13.1. The second-order valence-corrected chi connectivity index (χ2v) is 8.14. The van der Waals surface area contributed by atoms with Crippen molar-refractivity contribution in [1.29, 1.82) is 0 Å². The Morgan fingerprint density at radius 3 is 2.28 bits per heavy atom. The van der Waals surface area contributed by atoms with Crippen molar-refractivity contribution in [3.8, 4) is 0 Å². The fourth-order valence-electron chi connectivity index (χ4n) is 3.03. The summed E-state index contributed by atoms with van der Waals surface area (Å²) in [7, 11) is 0. The summed E-state index contributed by atoms with van der Waals surface area (Å²) in [6, 6.07) is 6.35. The molecule has 0 saturated heterocycles. The number of carbonyl (C=O) groups excluding carboxylic acids is 4. The van der Waals surface area contributed by atoms with Gasteiger partial charge in [0.05, 0.1) is 13.0 Å². The lowest BCUT2D eigenvalue weighted by Crippen LogP contribution is -2.48. The van der Waals surface area contributed by atoms with Gasteiger partial charge < -0.3 is 25.0 Å². The molecule has 178 valence electrons. The summed E-state index contributed by atoms with van der Waals surface area (Å²) in [4.78, 5) is 50.9. The summed E-state index contributed by atoms with van der Waals surface area (Å²) >= 11 is 0. The van der Waals surface area contributed by atoms with Gasteiger partial charge in [-0.05, 0) is 52.7 Å². The molecule has 1 rings (SSSR count). The number of nitrogens with one attached hydrogen (secondary N) is 2. The maximum absolute atomic E-state index is 13.1. The van der Waals surface area contributed by atoms with Crippen LogP contribution in [0.4, 0.5) is 4.79 Å². The van der Waals surface area contributed by atoms with Gasteiger partial charge in [0.25, 0.3) is 0 Å². The lowest BCUT2D eigenvalue weighted by molar-refractivity contribution is -0.143. The minimum absolute atomic E-state index is 0.0281. The summed E-state index contributed by atoms with van der Waals surface area (Å²) in [5.74, 6) is -1.27. The largest absolute Gasteiger partial charge is 0.466 e. The lowest BCUT2D eigenvalue weighted by Gasteiger charge is -2.31. The number of hydrogen-bond acceptors (Lipinski definition) is 6. The summed E-state index contributed by atoms with van der Waals surface area (Å²) in [5, 5.41) is 5.16. The van der Waals surface area contributed by atoms with Crippen molar-refractivity contribution in [3.05, 3.63) is 35.4 Å². The standard InChI is InChI=1S/C23H35N3O6/c1-7-26(18(27)15-25-22(30)32-23(4,5)6)20(17-12-10-9-11-16(17)3)21(29)24-14-13-19(28)31-8-2/h9-12,20H,7-8,13-15H2,1-6H3,(H,24,29)(H,25,30). The molecule has 2 N–H and O–H groups in total. The topological polar surface area (TPSA) is 114 Å². The molecule has 0 aliphatic rings. The van der Waals surface area contributed by atoms with Gasteiger partial charge in [0, 0.05) is 13.1 Å². The van der Waals surface area contributed by atoms with Crippen molar-refractivity contribution in [2.45, 2.75) is 59.6 Å². The van der Waals surface area contributed by atoms with Crippen LogP contribution in [0.25, 0.3) is 0 Å². The Morgan fingerprint density at radius 1 is 1.06 bits per heavy atom. The van der Waals surface area contributed by atoms with Crippen LogP contribution >= 0.6 is 0 Å². The van der Waals surface area contributed by atoms with Crippen LogP contribution in [0.3, 0.4) is 0 Å². The molecule has 0 aromatic heterocycles. The number of carbonyl (C=O) groups is 4. The summed E-state index contributed by atoms with van der Waals surface area (Å²) in [5.41, 5.74) is 0.804. The zero-order valence-electron chi connectivity index (χ0n) is 19.8. The van der Waals surface area contributed by atoms with Gasteiger partial charge in [0.2, 0.25) is 11.8 Å². The third-order valence-electron chi connectivity index (χ3n) is 4.42. The molecule has 0 radical (unpaired) electrons. The van der Waals surface area contributed by atoms with Crippen LogP contribution in [0, 0.1) is 6.92 Å². The fourth-order valence-corrected chi connectivity index (χ4v) is 3.03. The molecule has 32 heavy (non-hydrogen) atoms. The van der Waals surface area contributed by atoms with E-state index in [9.17, 15) is 19.2 Å². The summed E-state index contributed by atoms with van der Waals surface area (Å²) in [6.07, 6.45) is -0.686. The molecule has 0 heterocycles. The molecule has 3 amide bonds. The Balaban J connectivity index is 2.99. The molecule has 1 aromatic rings. The predicted octanol–water partition coefficient (Wildman–Crippen LogP) is 2.48. The number of likely N-dealkylation sites (N-methyl/N-ethyl adjacent to an activating group) is 1. The van der Waals surface area contributed by atoms with Crippen molar-refractivity contribution in [2.24, 2.45) is 0 Å². The van der Waals surface area contributed by atoms with Gasteiger partial charge in [-0.15, -0.1) is 0 Å². The number of amides is 3. The number of benzene rings is 1. The monoisotopic (exact) mass is 449 g/mol. The summed E-state index contributed by atoms with van der Waals surface area (Å²) in [6.45, 7) is 10.8. The molecule has 0 bridgehead atoms. The van der Waals surface area contributed by atoms with E-state index in [1.807, 2.05) is 19.1 Å². The van der Waals surface area contributed by atoms with Gasteiger partial charge >= 0.3 is 12.1 Å². The van der Waals surface area contributed by atoms with E-state index >= 15 is 0 Å². The first-order valence-electron chi connectivity index (χ1n) is 10.7. The van der Waals surface area contributed by atoms with Crippen LogP contribution in [0.2, 0.25) is 0 Å². The van der Waals surface area contributed by atoms with Crippen molar-refractivity contribution in [2.75, 3.05) is 26.2 Å². The van der Waals surface area contributed by atoms with E-state index in [1.54, 1.807) is 46.8 Å². The van der Waals surface area contributed by atoms with E-state index in [-0.39, 0.29) is 32.7 Å². The lowest BCUT2D eigenvalue weighted by atomic mass is 9.98. The second kappa shape index (κ2) is 12.7. The van der Waals surface area contributed by atoms with E-state index in [0.717, 1.165) is 5.56 Å². The quantitative estimate of drug-likeness (QED) is 0.531. The number of esters is 1. The van der Waals surface area contributed by atoms with Crippen LogP contribution in [0.5, 0.6) is 0 Å². The normalized spacial score (nSPS) is 11.8. The second-order valence-electron chi connectivity index (χ2n) is 8.14. The van der Waals surface area contributed by atoms with Crippen LogP contribution in [0.1, 0.15) is 58.2 Å². The SMILES string of the molecule is CCOC(=O)CCNC(=O)C(c1ccccc1C)N(CC)C(=O)CNC(=O)OC(C)(C)C. The molecule has 1 unspecified atom stereocenters. The average molecular weight is 450 g/mol. The van der Waals surface area contributed by atoms with E-state index in [1.165, 1.54) is 4.90 Å². The number of nitrogens with zero attached hydrogens (tertiary/aromatic N) is 1. The first kappa shape index (κ1) is 26.9. The molecular weight excluding hydrogens is 414 g/mol. The highest BCUT2D eigenvalue weighted by molar-refractivity contribution is 5.90. The van der Waals surface area contributed by atoms with Crippen LogP contribution in [-0.4, -0.2) is 60.6 Å². The van der Waals surface area contributed by atoms with E-state index in [4.69, 9.17) is 9.47 Å². The molecule has 9 heteroatoms. The van der Waals surface area contributed by atoms with Gasteiger partial charge in [0.1, 0.15) is 18.2 Å². The Hall–Kier alpha value is -3.10. The summed E-state index contributed by atoms with van der Waals surface area (Å²) < 4.78 is 10.0. The van der Waals surface area contributed by atoms with E-state index in [0.29, 0.717) is 5.56 Å². The first-order chi connectivity index (χ1) is 15.0. The van der Waals surface area contributed by atoms with Crippen LogP contribution in [-0.2, 0) is 23.9 Å². The number of hydrogen-bond donors (Lipinski definition) is 2. The molecule has 1 atom stereocenters. The molecular formula is C23H35N3O6. The Labute approximate surface area is 189 Å². The van der Waals surface area contributed by atoms with Gasteiger partial charge in [-0.25, -0.2) is 4.79 Å². The minimum atomic E-state index is -0.920. The Kier molecular flexibility index (Phi) is 10.7. The number of alkyl carbamates (subject to hydrolysis) is 1.